The third kappa shape index (κ3) is 6.13. The zero-order valence-electron chi connectivity index (χ0n) is 30.6. The molecular formula is C50H36N6. The van der Waals surface area contributed by atoms with Crippen molar-refractivity contribution in [3.05, 3.63) is 200 Å². The summed E-state index contributed by atoms with van der Waals surface area (Å²) in [5.74, 6) is 1.75. The molecule has 6 aromatic carbocycles. The van der Waals surface area contributed by atoms with Crippen molar-refractivity contribution in [3.8, 4) is 51.1 Å². The lowest BCUT2D eigenvalue weighted by Gasteiger charge is -2.29. The molecule has 0 atom stereocenters. The van der Waals surface area contributed by atoms with E-state index in [1.165, 1.54) is 5.70 Å². The minimum Gasteiger partial charge on any atom is -0.314 e. The van der Waals surface area contributed by atoms with E-state index >= 15 is 0 Å². The number of benzene rings is 6. The van der Waals surface area contributed by atoms with Gasteiger partial charge in [0, 0.05) is 50.1 Å². The molecule has 10 rings (SSSR count). The fourth-order valence-corrected chi connectivity index (χ4v) is 7.69. The van der Waals surface area contributed by atoms with Crippen molar-refractivity contribution in [2.24, 2.45) is 0 Å². The number of fused-ring (bicyclic) bond motifs is 3. The molecule has 266 valence electrons. The number of rotatable bonds is 8. The lowest BCUT2D eigenvalue weighted by molar-refractivity contribution is 0.917. The molecular weight excluding hydrogens is 685 g/mol. The van der Waals surface area contributed by atoms with Gasteiger partial charge in [-0.3, -0.25) is 9.55 Å². The SMILES string of the molecule is C1=CCCC(N(c2ccccc2)c2ccc(-c3cc4c5cccc(-c6ccccc6)c5n(-c5nc(-c6ccccc6)nc(-c6ccccc6)n5)c4cn3)cc2)=C1. The van der Waals surface area contributed by atoms with Crippen molar-refractivity contribution in [3.63, 3.8) is 0 Å². The highest BCUT2D eigenvalue weighted by Crippen LogP contribution is 2.40. The minimum atomic E-state index is 0.535. The summed E-state index contributed by atoms with van der Waals surface area (Å²) in [5.41, 5.74) is 11.4. The first kappa shape index (κ1) is 33.2. The third-order valence-electron chi connectivity index (χ3n) is 10.4. The van der Waals surface area contributed by atoms with Crippen molar-refractivity contribution in [2.45, 2.75) is 12.8 Å². The summed E-state index contributed by atoms with van der Waals surface area (Å²) in [7, 11) is 0. The number of allylic oxidation sites excluding steroid dienone is 4. The van der Waals surface area contributed by atoms with Gasteiger partial charge in [0.2, 0.25) is 5.95 Å². The van der Waals surface area contributed by atoms with Crippen LogP contribution < -0.4 is 4.90 Å². The van der Waals surface area contributed by atoms with Crippen LogP contribution in [0.15, 0.2) is 200 Å². The number of para-hydroxylation sites is 2. The Labute approximate surface area is 325 Å². The van der Waals surface area contributed by atoms with Crippen molar-refractivity contribution in [1.82, 2.24) is 24.5 Å². The normalized spacial score (nSPS) is 12.5. The first-order chi connectivity index (χ1) is 27.8. The Bertz CT molecular complexity index is 2820. The van der Waals surface area contributed by atoms with Crippen LogP contribution in [-0.2, 0) is 0 Å². The van der Waals surface area contributed by atoms with Crippen LogP contribution in [0.3, 0.4) is 0 Å². The van der Waals surface area contributed by atoms with E-state index in [-0.39, 0.29) is 0 Å². The molecule has 56 heavy (non-hydrogen) atoms. The molecule has 6 heteroatoms. The largest absolute Gasteiger partial charge is 0.314 e. The molecule has 3 aromatic heterocycles. The first-order valence-electron chi connectivity index (χ1n) is 19.0. The Morgan fingerprint density at radius 3 is 1.75 bits per heavy atom. The summed E-state index contributed by atoms with van der Waals surface area (Å²) in [6.07, 6.45) is 10.6. The number of hydrogen-bond donors (Lipinski definition) is 0. The summed E-state index contributed by atoms with van der Waals surface area (Å²) in [6.45, 7) is 0. The predicted octanol–water partition coefficient (Wildman–Crippen LogP) is 12.4. The fourth-order valence-electron chi connectivity index (χ4n) is 7.69. The van der Waals surface area contributed by atoms with Crippen LogP contribution in [0.5, 0.6) is 0 Å². The first-order valence-corrected chi connectivity index (χ1v) is 19.0. The number of hydrogen-bond acceptors (Lipinski definition) is 5. The van der Waals surface area contributed by atoms with E-state index in [2.05, 4.69) is 131 Å². The van der Waals surface area contributed by atoms with E-state index in [1.807, 2.05) is 72.9 Å². The second-order valence-electron chi connectivity index (χ2n) is 13.8. The molecule has 0 unspecified atom stereocenters. The molecule has 0 aliphatic heterocycles. The molecule has 1 aliphatic rings. The average molecular weight is 721 g/mol. The Morgan fingerprint density at radius 2 is 1.12 bits per heavy atom. The summed E-state index contributed by atoms with van der Waals surface area (Å²) >= 11 is 0. The molecule has 1 aliphatic carbocycles. The zero-order valence-corrected chi connectivity index (χ0v) is 30.6. The monoisotopic (exact) mass is 720 g/mol. The van der Waals surface area contributed by atoms with Crippen LogP contribution in [0.4, 0.5) is 11.4 Å². The van der Waals surface area contributed by atoms with Crippen molar-refractivity contribution < 1.29 is 0 Å². The van der Waals surface area contributed by atoms with Crippen molar-refractivity contribution >= 4 is 33.2 Å². The summed E-state index contributed by atoms with van der Waals surface area (Å²) < 4.78 is 2.16. The van der Waals surface area contributed by atoms with Crippen LogP contribution in [-0.4, -0.2) is 24.5 Å². The molecule has 0 bridgehead atoms. The molecule has 0 radical (unpaired) electrons. The van der Waals surface area contributed by atoms with Gasteiger partial charge in [-0.1, -0.05) is 152 Å². The van der Waals surface area contributed by atoms with Gasteiger partial charge in [-0.25, -0.2) is 4.98 Å². The van der Waals surface area contributed by atoms with Crippen LogP contribution >= 0.6 is 0 Å². The maximum atomic E-state index is 5.18. The summed E-state index contributed by atoms with van der Waals surface area (Å²) in [5, 5.41) is 2.16. The molecule has 9 aromatic rings. The number of nitrogens with zero attached hydrogens (tertiary/aromatic N) is 6. The van der Waals surface area contributed by atoms with Gasteiger partial charge >= 0.3 is 0 Å². The van der Waals surface area contributed by atoms with Gasteiger partial charge < -0.3 is 4.90 Å². The maximum Gasteiger partial charge on any atom is 0.238 e. The average Bonchev–Trinajstić information content (AvgIpc) is 3.62. The molecule has 0 amide bonds. The van der Waals surface area contributed by atoms with E-state index in [4.69, 9.17) is 19.9 Å². The topological polar surface area (TPSA) is 59.7 Å². The van der Waals surface area contributed by atoms with Crippen LogP contribution in [0, 0.1) is 0 Å². The third-order valence-corrected chi connectivity index (χ3v) is 10.4. The van der Waals surface area contributed by atoms with E-state index in [0.29, 0.717) is 17.6 Å². The highest BCUT2D eigenvalue weighted by Gasteiger charge is 2.22. The second kappa shape index (κ2) is 14.4. The van der Waals surface area contributed by atoms with E-state index in [9.17, 15) is 0 Å². The Kier molecular flexibility index (Phi) is 8.54. The molecule has 0 fully saturated rings. The Hall–Kier alpha value is -7.44. The van der Waals surface area contributed by atoms with Gasteiger partial charge in [-0.15, -0.1) is 0 Å². The summed E-state index contributed by atoms with van der Waals surface area (Å²) in [4.78, 5) is 22.8. The lowest BCUT2D eigenvalue weighted by Crippen LogP contribution is -2.17. The van der Waals surface area contributed by atoms with Crippen LogP contribution in [0.2, 0.25) is 0 Å². The number of pyridine rings is 1. The molecule has 0 N–H and O–H groups in total. The van der Waals surface area contributed by atoms with Crippen molar-refractivity contribution in [2.75, 3.05) is 4.90 Å². The number of aromatic nitrogens is 5. The van der Waals surface area contributed by atoms with Gasteiger partial charge in [0.15, 0.2) is 11.6 Å². The fraction of sp³-hybridized carbons (Fsp3) is 0.0400. The molecule has 6 nitrogen and oxygen atoms in total. The highest BCUT2D eigenvalue weighted by atomic mass is 15.2. The van der Waals surface area contributed by atoms with E-state index in [0.717, 1.165) is 79.5 Å². The Morgan fingerprint density at radius 1 is 0.518 bits per heavy atom. The van der Waals surface area contributed by atoms with Crippen LogP contribution in [0.1, 0.15) is 12.8 Å². The van der Waals surface area contributed by atoms with Gasteiger partial charge in [-0.05, 0) is 54.8 Å². The smallest absolute Gasteiger partial charge is 0.238 e. The highest BCUT2D eigenvalue weighted by molar-refractivity contribution is 6.14. The maximum absolute atomic E-state index is 5.18. The quantitative estimate of drug-likeness (QED) is 0.156. The molecule has 3 heterocycles. The van der Waals surface area contributed by atoms with Gasteiger partial charge in [0.05, 0.1) is 22.9 Å². The second-order valence-corrected chi connectivity index (χ2v) is 13.8. The van der Waals surface area contributed by atoms with Gasteiger partial charge in [-0.2, -0.15) is 9.97 Å². The number of anilines is 2. The zero-order chi connectivity index (χ0) is 37.3. The molecule has 0 saturated heterocycles. The lowest BCUT2D eigenvalue weighted by atomic mass is 10.0. The van der Waals surface area contributed by atoms with Gasteiger partial charge in [0.25, 0.3) is 0 Å². The predicted molar refractivity (Wildman–Crippen MR) is 229 cm³/mol. The van der Waals surface area contributed by atoms with Crippen molar-refractivity contribution in [1.29, 1.82) is 0 Å². The van der Waals surface area contributed by atoms with Gasteiger partial charge in [0.1, 0.15) is 0 Å². The standard InChI is InChI=1S/C50H36N6/c1-6-17-35(18-7-1)42-27-16-28-43-44-33-45(36-29-31-41(32-30-36)55(39-23-12-4-13-24-39)40-25-14-5-15-26-40)51-34-46(44)56(47(42)43)50-53-48(37-19-8-2-9-20-37)52-49(54-50)38-21-10-3-11-22-38/h1-14,16-25,27-34H,15,26H2. The minimum absolute atomic E-state index is 0.535. The summed E-state index contributed by atoms with van der Waals surface area (Å²) in [6, 6.07) is 58.8. The van der Waals surface area contributed by atoms with E-state index < -0.39 is 0 Å². The van der Waals surface area contributed by atoms with E-state index in [1.54, 1.807) is 0 Å². The molecule has 0 spiro atoms. The Balaban J connectivity index is 1.16. The molecule has 0 saturated carbocycles. The van der Waals surface area contributed by atoms with Crippen LogP contribution in [0.25, 0.3) is 72.9 Å².